The zero-order valence-electron chi connectivity index (χ0n) is 14.5. The topological polar surface area (TPSA) is 58.6 Å². The number of halogens is 2. The Hall–Kier alpha value is -2.60. The first-order valence-electron chi connectivity index (χ1n) is 8.04. The number of nitrogens with one attached hydrogen (secondary N) is 1. The normalized spacial score (nSPS) is 11.5. The van der Waals surface area contributed by atoms with Crippen molar-refractivity contribution in [1.82, 2.24) is 10.2 Å². The summed E-state index contributed by atoms with van der Waals surface area (Å²) in [5.74, 6) is -0.580. The van der Waals surface area contributed by atoms with Crippen molar-refractivity contribution in [1.29, 1.82) is 0 Å². The molecule has 138 valence electrons. The molecular formula is C19H20ClFN2O3. The maximum Gasteiger partial charge on any atom is 0.261 e. The van der Waals surface area contributed by atoms with E-state index in [0.717, 1.165) is 0 Å². The van der Waals surface area contributed by atoms with E-state index in [2.05, 4.69) is 5.32 Å². The van der Waals surface area contributed by atoms with Crippen LogP contribution in [0.15, 0.2) is 48.5 Å². The van der Waals surface area contributed by atoms with E-state index in [1.54, 1.807) is 43.3 Å². The average molecular weight is 379 g/mol. The second-order valence-corrected chi connectivity index (χ2v) is 6.12. The van der Waals surface area contributed by atoms with E-state index in [0.29, 0.717) is 16.3 Å². The average Bonchev–Trinajstić information content (AvgIpc) is 2.64. The van der Waals surface area contributed by atoms with Crippen molar-refractivity contribution in [3.63, 3.8) is 0 Å². The van der Waals surface area contributed by atoms with E-state index in [9.17, 15) is 14.0 Å². The van der Waals surface area contributed by atoms with Crippen LogP contribution in [0.1, 0.15) is 12.5 Å². The van der Waals surface area contributed by atoms with E-state index in [-0.39, 0.29) is 30.8 Å². The highest BCUT2D eigenvalue weighted by molar-refractivity contribution is 6.30. The molecule has 0 radical (unpaired) electrons. The first-order valence-corrected chi connectivity index (χ1v) is 8.42. The molecule has 0 aliphatic carbocycles. The van der Waals surface area contributed by atoms with Gasteiger partial charge in [-0.15, -0.1) is 0 Å². The van der Waals surface area contributed by atoms with Gasteiger partial charge in [-0.2, -0.15) is 0 Å². The third-order valence-corrected chi connectivity index (χ3v) is 4.07. The monoisotopic (exact) mass is 378 g/mol. The molecule has 7 heteroatoms. The van der Waals surface area contributed by atoms with E-state index in [1.807, 2.05) is 0 Å². The molecule has 2 rings (SSSR count). The van der Waals surface area contributed by atoms with Crippen molar-refractivity contribution in [3.05, 3.63) is 64.9 Å². The SMILES string of the molecule is CNC(=O)[C@@H](C)N(Cc1ccc(F)cc1)C(=O)COc1cccc(Cl)c1. The largest absolute Gasteiger partial charge is 0.484 e. The Kier molecular flexibility index (Phi) is 6.97. The van der Waals surface area contributed by atoms with E-state index >= 15 is 0 Å². The molecule has 0 aliphatic rings. The molecule has 0 fully saturated rings. The maximum atomic E-state index is 13.1. The molecule has 2 aromatic carbocycles. The number of hydrogen-bond donors (Lipinski definition) is 1. The Morgan fingerprint density at radius 2 is 1.92 bits per heavy atom. The minimum atomic E-state index is -0.708. The molecule has 2 aromatic rings. The van der Waals surface area contributed by atoms with E-state index in [4.69, 9.17) is 16.3 Å². The molecule has 2 amide bonds. The van der Waals surface area contributed by atoms with Crippen molar-refractivity contribution in [2.45, 2.75) is 19.5 Å². The molecule has 0 saturated carbocycles. The second kappa shape index (κ2) is 9.20. The molecule has 0 saturated heterocycles. The summed E-state index contributed by atoms with van der Waals surface area (Å²) in [6.45, 7) is 1.54. The van der Waals surface area contributed by atoms with Crippen LogP contribution < -0.4 is 10.1 Å². The Bertz CT molecular complexity index is 768. The van der Waals surface area contributed by atoms with Crippen molar-refractivity contribution in [2.75, 3.05) is 13.7 Å². The smallest absolute Gasteiger partial charge is 0.261 e. The van der Waals surface area contributed by atoms with Crippen molar-refractivity contribution < 1.29 is 18.7 Å². The maximum absolute atomic E-state index is 13.1. The number of amides is 2. The fourth-order valence-electron chi connectivity index (χ4n) is 2.36. The molecular weight excluding hydrogens is 359 g/mol. The molecule has 1 atom stereocenters. The Labute approximate surface area is 156 Å². The molecule has 0 aromatic heterocycles. The fraction of sp³-hybridized carbons (Fsp3) is 0.263. The lowest BCUT2D eigenvalue weighted by Crippen LogP contribution is -2.48. The Morgan fingerprint density at radius 3 is 2.54 bits per heavy atom. The van der Waals surface area contributed by atoms with Gasteiger partial charge in [0.1, 0.15) is 17.6 Å². The number of carbonyl (C=O) groups is 2. The first-order chi connectivity index (χ1) is 12.4. The fourth-order valence-corrected chi connectivity index (χ4v) is 2.54. The van der Waals surface area contributed by atoms with Gasteiger partial charge in [0, 0.05) is 18.6 Å². The number of benzene rings is 2. The second-order valence-electron chi connectivity index (χ2n) is 5.68. The number of ether oxygens (including phenoxy) is 1. The first kappa shape index (κ1) is 19.7. The molecule has 0 heterocycles. The van der Waals surface area contributed by atoms with Crippen LogP contribution in [0.3, 0.4) is 0 Å². The summed E-state index contributed by atoms with van der Waals surface area (Å²) in [6.07, 6.45) is 0. The van der Waals surface area contributed by atoms with Crippen LogP contribution in [0.2, 0.25) is 5.02 Å². The highest BCUT2D eigenvalue weighted by atomic mass is 35.5. The quantitative estimate of drug-likeness (QED) is 0.805. The van der Waals surface area contributed by atoms with Crippen LogP contribution in [0.5, 0.6) is 5.75 Å². The molecule has 0 unspecified atom stereocenters. The minimum Gasteiger partial charge on any atom is -0.484 e. The van der Waals surface area contributed by atoms with Gasteiger partial charge in [0.15, 0.2) is 6.61 Å². The Morgan fingerprint density at radius 1 is 1.23 bits per heavy atom. The lowest BCUT2D eigenvalue weighted by molar-refractivity contribution is -0.142. The predicted molar refractivity (Wildman–Crippen MR) is 97.4 cm³/mol. The van der Waals surface area contributed by atoms with Gasteiger partial charge >= 0.3 is 0 Å². The number of likely N-dealkylation sites (N-methyl/N-ethyl adjacent to an activating group) is 1. The summed E-state index contributed by atoms with van der Waals surface area (Å²) >= 11 is 5.89. The lowest BCUT2D eigenvalue weighted by atomic mass is 10.1. The number of rotatable bonds is 7. The Balaban J connectivity index is 2.12. The van der Waals surface area contributed by atoms with Crippen LogP contribution in [0.4, 0.5) is 4.39 Å². The third kappa shape index (κ3) is 5.46. The summed E-state index contributed by atoms with van der Waals surface area (Å²) in [7, 11) is 1.50. The van der Waals surface area contributed by atoms with E-state index in [1.165, 1.54) is 24.1 Å². The van der Waals surface area contributed by atoms with Gasteiger partial charge in [0.25, 0.3) is 5.91 Å². The zero-order valence-corrected chi connectivity index (χ0v) is 15.3. The molecule has 0 aliphatic heterocycles. The molecule has 0 bridgehead atoms. The van der Waals surface area contributed by atoms with Gasteiger partial charge in [0.2, 0.25) is 5.91 Å². The predicted octanol–water partition coefficient (Wildman–Crippen LogP) is 3.02. The van der Waals surface area contributed by atoms with Gasteiger partial charge in [-0.25, -0.2) is 4.39 Å². The van der Waals surface area contributed by atoms with Gasteiger partial charge < -0.3 is 15.0 Å². The minimum absolute atomic E-state index is 0.159. The highest BCUT2D eigenvalue weighted by Gasteiger charge is 2.25. The van der Waals surface area contributed by atoms with Gasteiger partial charge in [-0.1, -0.05) is 29.8 Å². The van der Waals surface area contributed by atoms with Crippen molar-refractivity contribution in [2.24, 2.45) is 0 Å². The zero-order chi connectivity index (χ0) is 19.1. The van der Waals surface area contributed by atoms with E-state index < -0.39 is 6.04 Å². The standard InChI is InChI=1S/C19H20ClFN2O3/c1-13(19(25)22-2)23(11-14-6-8-16(21)9-7-14)18(24)12-26-17-5-3-4-15(20)10-17/h3-10,13H,11-12H2,1-2H3,(H,22,25)/t13-/m1/s1. The third-order valence-electron chi connectivity index (χ3n) is 3.84. The summed E-state index contributed by atoms with van der Waals surface area (Å²) in [4.78, 5) is 26.0. The van der Waals surface area contributed by atoms with Gasteiger partial charge in [-0.3, -0.25) is 9.59 Å². The molecule has 1 N–H and O–H groups in total. The number of nitrogens with zero attached hydrogens (tertiary/aromatic N) is 1. The number of carbonyl (C=O) groups excluding carboxylic acids is 2. The highest BCUT2D eigenvalue weighted by Crippen LogP contribution is 2.18. The molecule has 0 spiro atoms. The van der Waals surface area contributed by atoms with Crippen molar-refractivity contribution >= 4 is 23.4 Å². The van der Waals surface area contributed by atoms with Crippen LogP contribution in [0, 0.1) is 5.82 Å². The van der Waals surface area contributed by atoms with Gasteiger partial charge in [0.05, 0.1) is 0 Å². The van der Waals surface area contributed by atoms with Crippen LogP contribution >= 0.6 is 11.6 Å². The molecule has 5 nitrogen and oxygen atoms in total. The summed E-state index contributed by atoms with van der Waals surface area (Å²) < 4.78 is 18.6. The lowest BCUT2D eigenvalue weighted by Gasteiger charge is -2.28. The summed E-state index contributed by atoms with van der Waals surface area (Å²) in [5, 5.41) is 3.02. The summed E-state index contributed by atoms with van der Waals surface area (Å²) in [5.41, 5.74) is 0.707. The van der Waals surface area contributed by atoms with Crippen LogP contribution in [-0.2, 0) is 16.1 Å². The van der Waals surface area contributed by atoms with Crippen LogP contribution in [0.25, 0.3) is 0 Å². The molecule has 26 heavy (non-hydrogen) atoms. The van der Waals surface area contributed by atoms with Crippen molar-refractivity contribution in [3.8, 4) is 5.75 Å². The number of hydrogen-bond acceptors (Lipinski definition) is 3. The van der Waals surface area contributed by atoms with Gasteiger partial charge in [-0.05, 0) is 42.8 Å². The summed E-state index contributed by atoms with van der Waals surface area (Å²) in [6, 6.07) is 11.8. The van der Waals surface area contributed by atoms with Crippen LogP contribution in [-0.4, -0.2) is 36.4 Å².